The van der Waals surface area contributed by atoms with Gasteiger partial charge in [0.15, 0.2) is 6.61 Å². The molecular formula is C22H28N2O4S. The van der Waals surface area contributed by atoms with E-state index >= 15 is 0 Å². The van der Waals surface area contributed by atoms with Crippen molar-refractivity contribution < 1.29 is 17.9 Å². The Morgan fingerprint density at radius 1 is 1.00 bits per heavy atom. The molecule has 0 spiro atoms. The smallest absolute Gasteiger partial charge is 0.262 e. The zero-order chi connectivity index (χ0) is 20.9. The van der Waals surface area contributed by atoms with E-state index in [1.54, 1.807) is 12.1 Å². The topological polar surface area (TPSA) is 75.7 Å². The summed E-state index contributed by atoms with van der Waals surface area (Å²) in [5.74, 6) is 0.217. The Hall–Kier alpha value is -2.38. The number of para-hydroxylation sites is 1. The number of nitrogens with zero attached hydrogens (tertiary/aromatic N) is 1. The first-order valence-corrected chi connectivity index (χ1v) is 11.5. The molecule has 29 heavy (non-hydrogen) atoms. The largest absolute Gasteiger partial charge is 0.484 e. The van der Waals surface area contributed by atoms with E-state index in [-0.39, 0.29) is 17.4 Å². The van der Waals surface area contributed by atoms with Crippen molar-refractivity contribution in [3.8, 4) is 5.75 Å². The fourth-order valence-electron chi connectivity index (χ4n) is 3.51. The molecule has 2 aromatic rings. The van der Waals surface area contributed by atoms with E-state index in [1.165, 1.54) is 16.4 Å². The molecule has 1 saturated heterocycles. The lowest BCUT2D eigenvalue weighted by Gasteiger charge is -2.16. The number of hydrogen-bond acceptors (Lipinski definition) is 4. The first-order valence-electron chi connectivity index (χ1n) is 10.1. The second-order valence-electron chi connectivity index (χ2n) is 7.08. The van der Waals surface area contributed by atoms with Gasteiger partial charge in [0.05, 0.1) is 4.90 Å². The van der Waals surface area contributed by atoms with E-state index in [2.05, 4.69) is 19.2 Å². The monoisotopic (exact) mass is 416 g/mol. The number of ether oxygens (including phenoxy) is 1. The van der Waals surface area contributed by atoms with Gasteiger partial charge in [-0.15, -0.1) is 0 Å². The first kappa shape index (κ1) is 21.3. The van der Waals surface area contributed by atoms with E-state index in [1.807, 2.05) is 18.2 Å². The number of anilines is 1. The molecule has 0 saturated carbocycles. The van der Waals surface area contributed by atoms with Crippen LogP contribution in [0.5, 0.6) is 5.75 Å². The molecule has 1 aliphatic rings. The van der Waals surface area contributed by atoms with Gasteiger partial charge in [-0.3, -0.25) is 4.79 Å². The molecule has 0 aliphatic carbocycles. The van der Waals surface area contributed by atoms with Gasteiger partial charge in [-0.2, -0.15) is 4.31 Å². The van der Waals surface area contributed by atoms with Crippen LogP contribution in [-0.2, 0) is 27.7 Å². The highest BCUT2D eigenvalue weighted by atomic mass is 32.2. The molecule has 1 N–H and O–H groups in total. The summed E-state index contributed by atoms with van der Waals surface area (Å²) in [6, 6.07) is 12.3. The molecule has 0 radical (unpaired) electrons. The molecule has 0 unspecified atom stereocenters. The summed E-state index contributed by atoms with van der Waals surface area (Å²) in [6.07, 6.45) is 3.46. The zero-order valence-corrected chi connectivity index (χ0v) is 17.8. The number of hydrogen-bond donors (Lipinski definition) is 1. The standard InChI is InChI=1S/C22H28N2O4S/c1-3-17-8-7-9-18(4-2)22(17)23-21(25)16-28-19-10-12-20(13-11-19)29(26,27)24-14-5-6-15-24/h7-13H,3-6,14-16H2,1-2H3,(H,23,25). The number of carbonyl (C=O) groups is 1. The summed E-state index contributed by atoms with van der Waals surface area (Å²) in [6.45, 7) is 5.11. The van der Waals surface area contributed by atoms with Gasteiger partial charge in [0.25, 0.3) is 5.91 Å². The van der Waals surface area contributed by atoms with E-state index in [0.717, 1.165) is 42.5 Å². The van der Waals surface area contributed by atoms with Crippen molar-refractivity contribution in [1.82, 2.24) is 4.31 Å². The fourth-order valence-corrected chi connectivity index (χ4v) is 5.03. The molecule has 1 fully saturated rings. The van der Waals surface area contributed by atoms with E-state index in [4.69, 9.17) is 4.74 Å². The highest BCUT2D eigenvalue weighted by molar-refractivity contribution is 7.89. The highest BCUT2D eigenvalue weighted by Gasteiger charge is 2.27. The van der Waals surface area contributed by atoms with Gasteiger partial charge < -0.3 is 10.1 Å². The van der Waals surface area contributed by atoms with Gasteiger partial charge in [-0.1, -0.05) is 32.0 Å². The summed E-state index contributed by atoms with van der Waals surface area (Å²) in [5.41, 5.74) is 3.04. The van der Waals surface area contributed by atoms with Crippen LogP contribution in [-0.4, -0.2) is 38.3 Å². The third-order valence-electron chi connectivity index (χ3n) is 5.16. The molecule has 6 nitrogen and oxygen atoms in total. The van der Waals surface area contributed by atoms with Crippen LogP contribution in [0.15, 0.2) is 47.4 Å². The maximum absolute atomic E-state index is 12.6. The summed E-state index contributed by atoms with van der Waals surface area (Å²) in [4.78, 5) is 12.6. The Labute approximate surface area is 172 Å². The Morgan fingerprint density at radius 2 is 1.59 bits per heavy atom. The minimum Gasteiger partial charge on any atom is -0.484 e. The van der Waals surface area contributed by atoms with Crippen molar-refractivity contribution in [2.45, 2.75) is 44.4 Å². The van der Waals surface area contributed by atoms with Crippen molar-refractivity contribution >= 4 is 21.6 Å². The number of nitrogens with one attached hydrogen (secondary N) is 1. The minimum atomic E-state index is -3.44. The minimum absolute atomic E-state index is 0.139. The molecular weight excluding hydrogens is 388 g/mol. The van der Waals surface area contributed by atoms with Crippen LogP contribution in [0.3, 0.4) is 0 Å². The molecule has 7 heteroatoms. The van der Waals surface area contributed by atoms with Crippen LogP contribution >= 0.6 is 0 Å². The lowest BCUT2D eigenvalue weighted by molar-refractivity contribution is -0.118. The lowest BCUT2D eigenvalue weighted by Crippen LogP contribution is -2.27. The van der Waals surface area contributed by atoms with Crippen LogP contribution in [0.2, 0.25) is 0 Å². The van der Waals surface area contributed by atoms with E-state index in [9.17, 15) is 13.2 Å². The lowest BCUT2D eigenvalue weighted by atomic mass is 10.0. The summed E-state index contributed by atoms with van der Waals surface area (Å²) >= 11 is 0. The molecule has 1 heterocycles. The summed E-state index contributed by atoms with van der Waals surface area (Å²) < 4.78 is 32.2. The zero-order valence-electron chi connectivity index (χ0n) is 17.0. The molecule has 156 valence electrons. The predicted octanol–water partition coefficient (Wildman–Crippen LogP) is 3.61. The van der Waals surface area contributed by atoms with Gasteiger partial charge in [0.1, 0.15) is 5.75 Å². The van der Waals surface area contributed by atoms with E-state index in [0.29, 0.717) is 18.8 Å². The van der Waals surface area contributed by atoms with Crippen LogP contribution in [0.4, 0.5) is 5.69 Å². The average Bonchev–Trinajstić information content (AvgIpc) is 3.28. The summed E-state index contributed by atoms with van der Waals surface area (Å²) in [7, 11) is -3.44. The third-order valence-corrected chi connectivity index (χ3v) is 7.07. The Bertz CT molecular complexity index is 927. The van der Waals surface area contributed by atoms with E-state index < -0.39 is 10.0 Å². The number of benzene rings is 2. The number of aryl methyl sites for hydroxylation is 2. The van der Waals surface area contributed by atoms with Gasteiger partial charge >= 0.3 is 0 Å². The number of carbonyl (C=O) groups excluding carboxylic acids is 1. The van der Waals surface area contributed by atoms with Gasteiger partial charge in [0, 0.05) is 18.8 Å². The maximum Gasteiger partial charge on any atom is 0.262 e. The normalized spacial score (nSPS) is 14.7. The number of sulfonamides is 1. The second-order valence-corrected chi connectivity index (χ2v) is 9.02. The van der Waals surface area contributed by atoms with Crippen molar-refractivity contribution in [2.24, 2.45) is 0 Å². The second kappa shape index (κ2) is 9.41. The quantitative estimate of drug-likeness (QED) is 0.713. The predicted molar refractivity (Wildman–Crippen MR) is 114 cm³/mol. The van der Waals surface area contributed by atoms with Crippen molar-refractivity contribution in [3.05, 3.63) is 53.6 Å². The Kier molecular flexibility index (Phi) is 6.92. The molecule has 2 aromatic carbocycles. The highest BCUT2D eigenvalue weighted by Crippen LogP contribution is 2.24. The fraction of sp³-hybridized carbons (Fsp3) is 0.409. The van der Waals surface area contributed by atoms with Crippen molar-refractivity contribution in [2.75, 3.05) is 25.0 Å². The average molecular weight is 417 g/mol. The third kappa shape index (κ3) is 4.97. The molecule has 0 atom stereocenters. The molecule has 0 bridgehead atoms. The van der Waals surface area contributed by atoms with Crippen LogP contribution in [0, 0.1) is 0 Å². The molecule has 1 amide bonds. The molecule has 1 aliphatic heterocycles. The van der Waals surface area contributed by atoms with Crippen LogP contribution in [0.25, 0.3) is 0 Å². The number of amides is 1. The SMILES string of the molecule is CCc1cccc(CC)c1NC(=O)COc1ccc(S(=O)(=O)N2CCCC2)cc1. The number of rotatable bonds is 8. The van der Waals surface area contributed by atoms with Crippen molar-refractivity contribution in [1.29, 1.82) is 0 Å². The van der Waals surface area contributed by atoms with Gasteiger partial charge in [0.2, 0.25) is 10.0 Å². The summed E-state index contributed by atoms with van der Waals surface area (Å²) in [5, 5.41) is 2.96. The van der Waals surface area contributed by atoms with Crippen LogP contribution in [0.1, 0.15) is 37.8 Å². The van der Waals surface area contributed by atoms with Crippen molar-refractivity contribution in [3.63, 3.8) is 0 Å². The van der Waals surface area contributed by atoms with Gasteiger partial charge in [-0.25, -0.2) is 8.42 Å². The Morgan fingerprint density at radius 3 is 2.14 bits per heavy atom. The van der Waals surface area contributed by atoms with Crippen LogP contribution < -0.4 is 10.1 Å². The first-order chi connectivity index (χ1) is 14.0. The van der Waals surface area contributed by atoms with Gasteiger partial charge in [-0.05, 0) is 61.1 Å². The maximum atomic E-state index is 12.6. The molecule has 0 aromatic heterocycles. The molecule has 3 rings (SSSR count). The Balaban J connectivity index is 1.61.